The van der Waals surface area contributed by atoms with E-state index in [0.717, 1.165) is 50.4 Å². The first-order valence-electron chi connectivity index (χ1n) is 7.39. The lowest BCUT2D eigenvalue weighted by Crippen LogP contribution is -2.46. The van der Waals surface area contributed by atoms with Crippen LogP contribution in [-0.4, -0.2) is 26.3 Å². The Bertz CT molecular complexity index is 589. The maximum Gasteiger partial charge on any atom is 0.185 e. The van der Waals surface area contributed by atoms with Crippen LogP contribution in [0.15, 0.2) is 23.1 Å². The predicted octanol–water partition coefficient (Wildman–Crippen LogP) is 3.05. The van der Waals surface area contributed by atoms with Crippen molar-refractivity contribution in [1.82, 2.24) is 5.32 Å². The third-order valence-corrected chi connectivity index (χ3v) is 6.24. The van der Waals surface area contributed by atoms with E-state index in [1.165, 1.54) is 0 Å². The van der Waals surface area contributed by atoms with Crippen molar-refractivity contribution >= 4 is 9.84 Å². The quantitative estimate of drug-likeness (QED) is 0.908. The molecule has 1 aromatic carbocycles. The van der Waals surface area contributed by atoms with E-state index in [4.69, 9.17) is 0 Å². The predicted molar refractivity (Wildman–Crippen MR) is 77.9 cm³/mol. The molecule has 1 fully saturated rings. The number of benzene rings is 1. The lowest BCUT2D eigenvalue weighted by Gasteiger charge is -2.32. The van der Waals surface area contributed by atoms with Crippen LogP contribution in [0.3, 0.4) is 0 Å². The maximum atomic E-state index is 13.8. The summed E-state index contributed by atoms with van der Waals surface area (Å²) in [6, 6.07) is 2.41. The van der Waals surface area contributed by atoms with Gasteiger partial charge >= 0.3 is 0 Å². The fraction of sp³-hybridized carbons (Fsp3) is 0.600. The van der Waals surface area contributed by atoms with Crippen LogP contribution in [0.4, 0.5) is 8.78 Å². The molecule has 1 aliphatic rings. The van der Waals surface area contributed by atoms with Crippen LogP contribution in [0.5, 0.6) is 0 Å². The van der Waals surface area contributed by atoms with Gasteiger partial charge in [0.25, 0.3) is 0 Å². The van der Waals surface area contributed by atoms with E-state index in [1.807, 2.05) is 6.92 Å². The number of rotatable bonds is 5. The van der Waals surface area contributed by atoms with E-state index >= 15 is 0 Å². The van der Waals surface area contributed by atoms with Crippen molar-refractivity contribution in [2.45, 2.75) is 55.2 Å². The van der Waals surface area contributed by atoms with Gasteiger partial charge in [-0.25, -0.2) is 17.2 Å². The summed E-state index contributed by atoms with van der Waals surface area (Å²) in [6.45, 7) is 2.73. The molecule has 0 radical (unpaired) electrons. The van der Waals surface area contributed by atoms with Crippen LogP contribution in [0, 0.1) is 11.6 Å². The molecule has 3 nitrogen and oxygen atoms in total. The van der Waals surface area contributed by atoms with Crippen molar-refractivity contribution in [2.24, 2.45) is 0 Å². The fourth-order valence-electron chi connectivity index (χ4n) is 2.89. The SMILES string of the molecule is CCCNC1CCCCC1S(=O)(=O)c1cc(F)ccc1F. The molecule has 21 heavy (non-hydrogen) atoms. The summed E-state index contributed by atoms with van der Waals surface area (Å²) in [7, 11) is -3.87. The van der Waals surface area contributed by atoms with Gasteiger partial charge in [-0.3, -0.25) is 0 Å². The van der Waals surface area contributed by atoms with Gasteiger partial charge in [-0.15, -0.1) is 0 Å². The minimum atomic E-state index is -3.87. The normalized spacial score (nSPS) is 23.2. The smallest absolute Gasteiger partial charge is 0.185 e. The number of hydrogen-bond acceptors (Lipinski definition) is 3. The summed E-state index contributed by atoms with van der Waals surface area (Å²) in [6.07, 6.45) is 3.89. The zero-order valence-corrected chi connectivity index (χ0v) is 12.9. The highest BCUT2D eigenvalue weighted by molar-refractivity contribution is 7.92. The summed E-state index contributed by atoms with van der Waals surface area (Å²) in [5.41, 5.74) is 0. The third-order valence-electron chi connectivity index (χ3n) is 3.96. The van der Waals surface area contributed by atoms with Crippen molar-refractivity contribution in [1.29, 1.82) is 0 Å². The second-order valence-electron chi connectivity index (χ2n) is 5.50. The second-order valence-corrected chi connectivity index (χ2v) is 7.64. The Morgan fingerprint density at radius 3 is 2.67 bits per heavy atom. The Labute approximate surface area is 124 Å². The van der Waals surface area contributed by atoms with Gasteiger partial charge in [-0.05, 0) is 44.0 Å². The molecule has 0 bridgehead atoms. The molecule has 0 spiro atoms. The van der Waals surface area contributed by atoms with Gasteiger partial charge in [0, 0.05) is 6.04 Å². The number of halogens is 2. The van der Waals surface area contributed by atoms with Gasteiger partial charge < -0.3 is 5.32 Å². The Kier molecular flexibility index (Phi) is 5.32. The van der Waals surface area contributed by atoms with Gasteiger partial charge in [-0.2, -0.15) is 0 Å². The zero-order valence-electron chi connectivity index (χ0n) is 12.1. The van der Waals surface area contributed by atoms with E-state index in [-0.39, 0.29) is 6.04 Å². The minimum absolute atomic E-state index is 0.189. The van der Waals surface area contributed by atoms with Crippen molar-refractivity contribution in [2.75, 3.05) is 6.54 Å². The summed E-state index contributed by atoms with van der Waals surface area (Å²) in [5.74, 6) is -1.61. The minimum Gasteiger partial charge on any atom is -0.313 e. The maximum absolute atomic E-state index is 13.8. The highest BCUT2D eigenvalue weighted by atomic mass is 32.2. The Balaban J connectivity index is 2.33. The van der Waals surface area contributed by atoms with Gasteiger partial charge in [0.2, 0.25) is 0 Å². The highest BCUT2D eigenvalue weighted by Gasteiger charge is 2.37. The van der Waals surface area contributed by atoms with Gasteiger partial charge in [-0.1, -0.05) is 19.8 Å². The van der Waals surface area contributed by atoms with Crippen molar-refractivity contribution in [3.05, 3.63) is 29.8 Å². The van der Waals surface area contributed by atoms with Crippen LogP contribution in [0.25, 0.3) is 0 Å². The number of hydrogen-bond donors (Lipinski definition) is 1. The first-order valence-corrected chi connectivity index (χ1v) is 8.93. The summed E-state index contributed by atoms with van der Waals surface area (Å²) < 4.78 is 52.5. The molecule has 118 valence electrons. The van der Waals surface area contributed by atoms with E-state index in [9.17, 15) is 17.2 Å². The van der Waals surface area contributed by atoms with E-state index < -0.39 is 31.6 Å². The molecule has 2 atom stereocenters. The van der Waals surface area contributed by atoms with Crippen LogP contribution in [-0.2, 0) is 9.84 Å². The molecule has 0 aromatic heterocycles. The molecule has 1 aliphatic carbocycles. The number of sulfone groups is 1. The average molecular weight is 317 g/mol. The topological polar surface area (TPSA) is 46.2 Å². The van der Waals surface area contributed by atoms with E-state index in [0.29, 0.717) is 6.42 Å². The molecule has 2 rings (SSSR count). The molecule has 0 aliphatic heterocycles. The highest BCUT2D eigenvalue weighted by Crippen LogP contribution is 2.30. The summed E-state index contributed by atoms with van der Waals surface area (Å²) in [5, 5.41) is 2.55. The van der Waals surface area contributed by atoms with Crippen LogP contribution >= 0.6 is 0 Å². The van der Waals surface area contributed by atoms with E-state index in [2.05, 4.69) is 5.32 Å². The van der Waals surface area contributed by atoms with Crippen molar-refractivity contribution < 1.29 is 17.2 Å². The lowest BCUT2D eigenvalue weighted by molar-refractivity contribution is 0.370. The molecule has 2 unspecified atom stereocenters. The first-order chi connectivity index (χ1) is 9.96. The molecule has 1 saturated carbocycles. The second kappa shape index (κ2) is 6.83. The molecule has 0 heterocycles. The monoisotopic (exact) mass is 317 g/mol. The molecule has 6 heteroatoms. The molecule has 0 saturated heterocycles. The van der Waals surface area contributed by atoms with E-state index in [1.54, 1.807) is 0 Å². The summed E-state index contributed by atoms with van der Waals surface area (Å²) >= 11 is 0. The number of nitrogens with one attached hydrogen (secondary N) is 1. The van der Waals surface area contributed by atoms with Crippen LogP contribution in [0.1, 0.15) is 39.0 Å². The largest absolute Gasteiger partial charge is 0.313 e. The van der Waals surface area contributed by atoms with Gasteiger partial charge in [0.15, 0.2) is 9.84 Å². The zero-order chi connectivity index (χ0) is 15.5. The summed E-state index contributed by atoms with van der Waals surface area (Å²) in [4.78, 5) is -0.516. The molecule has 0 amide bonds. The Morgan fingerprint density at radius 1 is 1.24 bits per heavy atom. The molecule has 1 aromatic rings. The van der Waals surface area contributed by atoms with Crippen molar-refractivity contribution in [3.8, 4) is 0 Å². The van der Waals surface area contributed by atoms with Crippen LogP contribution in [0.2, 0.25) is 0 Å². The Hall–Kier alpha value is -1.01. The van der Waals surface area contributed by atoms with Crippen LogP contribution < -0.4 is 5.32 Å². The third kappa shape index (κ3) is 3.61. The lowest BCUT2D eigenvalue weighted by atomic mass is 9.95. The first kappa shape index (κ1) is 16.4. The van der Waals surface area contributed by atoms with Gasteiger partial charge in [0.05, 0.1) is 5.25 Å². The van der Waals surface area contributed by atoms with Gasteiger partial charge in [0.1, 0.15) is 16.5 Å². The molecular formula is C15H21F2NO2S. The standard InChI is InChI=1S/C15H21F2NO2S/c1-2-9-18-13-5-3-4-6-14(13)21(19,20)15-10-11(16)7-8-12(15)17/h7-8,10,13-14,18H,2-6,9H2,1H3. The average Bonchev–Trinajstić information content (AvgIpc) is 2.47. The Morgan fingerprint density at radius 2 is 1.95 bits per heavy atom. The molecule has 1 N–H and O–H groups in total. The molecular weight excluding hydrogens is 296 g/mol. The van der Waals surface area contributed by atoms with Crippen molar-refractivity contribution in [3.63, 3.8) is 0 Å². The fourth-order valence-corrected chi connectivity index (χ4v) is 4.97.